The maximum absolute atomic E-state index is 5.99. The highest BCUT2D eigenvalue weighted by Crippen LogP contribution is 2.29. The second-order valence-electron chi connectivity index (χ2n) is 3.67. The van der Waals surface area contributed by atoms with Gasteiger partial charge in [0, 0.05) is 6.04 Å². The van der Waals surface area contributed by atoms with Crippen LogP contribution in [0.1, 0.15) is 18.0 Å². The molecule has 84 valence electrons. The quantitative estimate of drug-likeness (QED) is 0.807. The van der Waals surface area contributed by atoms with Crippen LogP contribution in [0, 0.1) is 0 Å². The molecule has 0 saturated heterocycles. The fourth-order valence-electron chi connectivity index (χ4n) is 1.56. The highest BCUT2D eigenvalue weighted by atomic mass is 35.5. The van der Waals surface area contributed by atoms with Crippen molar-refractivity contribution in [3.8, 4) is 0 Å². The molecule has 1 aromatic carbocycles. The minimum absolute atomic E-state index is 0.345. The van der Waals surface area contributed by atoms with E-state index in [2.05, 4.69) is 31.6 Å². The molecule has 0 heterocycles. The molecule has 1 atom stereocenters. The molecule has 0 saturated carbocycles. The molecule has 4 heteroatoms. The monoisotopic (exact) mass is 263 g/mol. The highest BCUT2D eigenvalue weighted by Gasteiger charge is 2.14. The van der Waals surface area contributed by atoms with Gasteiger partial charge in [-0.3, -0.25) is 0 Å². The van der Waals surface area contributed by atoms with Gasteiger partial charge in [0.05, 0.1) is 10.0 Å². The molecule has 0 amide bonds. The maximum atomic E-state index is 5.99. The molecular formula is C11H15Cl2NS. The molecule has 0 N–H and O–H groups in total. The average molecular weight is 264 g/mol. The Bertz CT molecular complexity index is 328. The fourth-order valence-corrected chi connectivity index (χ4v) is 2.12. The number of hydrogen-bond donors (Lipinski definition) is 1. The third-order valence-corrected chi connectivity index (χ3v) is 3.35. The van der Waals surface area contributed by atoms with Crippen molar-refractivity contribution in [2.24, 2.45) is 0 Å². The third-order valence-electron chi connectivity index (χ3n) is 2.35. The third kappa shape index (κ3) is 3.56. The Hall–Kier alpha value is 0.110. The van der Waals surface area contributed by atoms with Crippen molar-refractivity contribution in [3.05, 3.63) is 33.8 Å². The molecule has 0 aliphatic rings. The van der Waals surface area contributed by atoms with Gasteiger partial charge in [-0.25, -0.2) is 0 Å². The predicted octanol–water partition coefficient (Wildman–Crippen LogP) is 3.92. The van der Waals surface area contributed by atoms with Crippen molar-refractivity contribution in [1.29, 1.82) is 0 Å². The first-order chi connectivity index (χ1) is 7.06. The first-order valence-electron chi connectivity index (χ1n) is 4.78. The summed E-state index contributed by atoms with van der Waals surface area (Å²) in [5.74, 6) is 0.850. The van der Waals surface area contributed by atoms with E-state index in [0.717, 1.165) is 12.2 Å². The summed E-state index contributed by atoms with van der Waals surface area (Å²) in [6.45, 7) is 0. The van der Waals surface area contributed by atoms with Gasteiger partial charge >= 0.3 is 0 Å². The highest BCUT2D eigenvalue weighted by molar-refractivity contribution is 7.80. The summed E-state index contributed by atoms with van der Waals surface area (Å²) in [5, 5.41) is 1.21. The van der Waals surface area contributed by atoms with Gasteiger partial charge in [0.15, 0.2) is 0 Å². The molecule has 1 unspecified atom stereocenters. The van der Waals surface area contributed by atoms with E-state index in [1.54, 1.807) is 0 Å². The number of hydrogen-bond acceptors (Lipinski definition) is 2. The van der Waals surface area contributed by atoms with Crippen LogP contribution in [-0.4, -0.2) is 24.7 Å². The summed E-state index contributed by atoms with van der Waals surface area (Å²) >= 11 is 16.1. The van der Waals surface area contributed by atoms with E-state index in [1.807, 2.05) is 18.2 Å². The average Bonchev–Trinajstić information content (AvgIpc) is 2.18. The number of benzene rings is 1. The SMILES string of the molecule is CN(C)C(CCS)c1ccc(Cl)c(Cl)c1. The van der Waals surface area contributed by atoms with E-state index in [1.165, 1.54) is 5.56 Å². The van der Waals surface area contributed by atoms with Crippen molar-refractivity contribution in [3.63, 3.8) is 0 Å². The van der Waals surface area contributed by atoms with Gasteiger partial charge in [0.1, 0.15) is 0 Å². The zero-order chi connectivity index (χ0) is 11.4. The summed E-state index contributed by atoms with van der Waals surface area (Å²) in [6, 6.07) is 6.13. The van der Waals surface area contributed by atoms with Crippen LogP contribution in [0.25, 0.3) is 0 Å². The lowest BCUT2D eigenvalue weighted by Crippen LogP contribution is -2.20. The molecule has 0 aromatic heterocycles. The lowest BCUT2D eigenvalue weighted by Gasteiger charge is -2.24. The molecule has 0 radical (unpaired) electrons. The van der Waals surface area contributed by atoms with E-state index < -0.39 is 0 Å². The van der Waals surface area contributed by atoms with Crippen LogP contribution < -0.4 is 0 Å². The van der Waals surface area contributed by atoms with E-state index in [0.29, 0.717) is 16.1 Å². The first-order valence-corrected chi connectivity index (χ1v) is 6.17. The van der Waals surface area contributed by atoms with Crippen LogP contribution in [0.5, 0.6) is 0 Å². The Labute approximate surface area is 107 Å². The van der Waals surface area contributed by atoms with Crippen LogP contribution in [0.2, 0.25) is 10.0 Å². The van der Waals surface area contributed by atoms with Gasteiger partial charge < -0.3 is 4.90 Å². The number of thiol groups is 1. The molecule has 0 bridgehead atoms. The van der Waals surface area contributed by atoms with E-state index in [4.69, 9.17) is 23.2 Å². The molecule has 15 heavy (non-hydrogen) atoms. The molecule has 1 rings (SSSR count). The van der Waals surface area contributed by atoms with Gasteiger partial charge in [-0.15, -0.1) is 0 Å². The van der Waals surface area contributed by atoms with E-state index in [-0.39, 0.29) is 0 Å². The van der Waals surface area contributed by atoms with Crippen molar-refractivity contribution in [2.75, 3.05) is 19.8 Å². The van der Waals surface area contributed by atoms with Crippen molar-refractivity contribution in [2.45, 2.75) is 12.5 Å². The molecular weight excluding hydrogens is 249 g/mol. The Balaban J connectivity index is 2.95. The standard InChI is InChI=1S/C11H15Cl2NS/c1-14(2)11(5-6-15)8-3-4-9(12)10(13)7-8/h3-4,7,11,15H,5-6H2,1-2H3. The Kier molecular flexibility index (Phi) is 5.27. The molecule has 0 aliphatic carbocycles. The summed E-state index contributed by atoms with van der Waals surface area (Å²) in [5.41, 5.74) is 1.18. The van der Waals surface area contributed by atoms with E-state index in [9.17, 15) is 0 Å². The van der Waals surface area contributed by atoms with Crippen molar-refractivity contribution < 1.29 is 0 Å². The Morgan fingerprint density at radius 3 is 2.40 bits per heavy atom. The van der Waals surface area contributed by atoms with Crippen LogP contribution in [0.4, 0.5) is 0 Å². The number of rotatable bonds is 4. The zero-order valence-electron chi connectivity index (χ0n) is 8.87. The number of halogens is 2. The maximum Gasteiger partial charge on any atom is 0.0595 e. The van der Waals surface area contributed by atoms with Gasteiger partial charge in [0.25, 0.3) is 0 Å². The first kappa shape index (κ1) is 13.2. The van der Waals surface area contributed by atoms with E-state index >= 15 is 0 Å². The predicted molar refractivity (Wildman–Crippen MR) is 71.4 cm³/mol. The Morgan fingerprint density at radius 2 is 1.93 bits per heavy atom. The van der Waals surface area contributed by atoms with Gasteiger partial charge in [-0.05, 0) is 44.0 Å². The lowest BCUT2D eigenvalue weighted by molar-refractivity contribution is 0.293. The minimum atomic E-state index is 0.345. The van der Waals surface area contributed by atoms with Gasteiger partial charge in [-0.1, -0.05) is 29.3 Å². The van der Waals surface area contributed by atoms with Crippen LogP contribution in [0.15, 0.2) is 18.2 Å². The van der Waals surface area contributed by atoms with Crippen LogP contribution in [-0.2, 0) is 0 Å². The van der Waals surface area contributed by atoms with Gasteiger partial charge in [0.2, 0.25) is 0 Å². The molecule has 0 aliphatic heterocycles. The zero-order valence-corrected chi connectivity index (χ0v) is 11.3. The second-order valence-corrected chi connectivity index (χ2v) is 4.93. The summed E-state index contributed by atoms with van der Waals surface area (Å²) in [6.07, 6.45) is 0.994. The van der Waals surface area contributed by atoms with Crippen molar-refractivity contribution >= 4 is 35.8 Å². The summed E-state index contributed by atoms with van der Waals surface area (Å²) in [7, 11) is 4.10. The fraction of sp³-hybridized carbons (Fsp3) is 0.455. The van der Waals surface area contributed by atoms with Crippen molar-refractivity contribution in [1.82, 2.24) is 4.90 Å². The smallest absolute Gasteiger partial charge is 0.0595 e. The Morgan fingerprint density at radius 1 is 1.27 bits per heavy atom. The second kappa shape index (κ2) is 6.00. The summed E-state index contributed by atoms with van der Waals surface area (Å²) < 4.78 is 0. The molecule has 0 fully saturated rings. The topological polar surface area (TPSA) is 3.24 Å². The van der Waals surface area contributed by atoms with Crippen LogP contribution >= 0.6 is 35.8 Å². The van der Waals surface area contributed by atoms with Gasteiger partial charge in [-0.2, -0.15) is 12.6 Å². The minimum Gasteiger partial charge on any atom is -0.302 e. The number of nitrogens with zero attached hydrogens (tertiary/aromatic N) is 1. The molecule has 1 nitrogen and oxygen atoms in total. The molecule has 0 spiro atoms. The normalized spacial score (nSPS) is 13.2. The largest absolute Gasteiger partial charge is 0.302 e. The lowest BCUT2D eigenvalue weighted by atomic mass is 10.0. The summed E-state index contributed by atoms with van der Waals surface area (Å²) in [4.78, 5) is 2.16. The van der Waals surface area contributed by atoms with Crippen LogP contribution in [0.3, 0.4) is 0 Å². The molecule has 1 aromatic rings.